The lowest BCUT2D eigenvalue weighted by Crippen LogP contribution is -2.36. The maximum Gasteiger partial charge on any atom is 0.0172 e. The van der Waals surface area contributed by atoms with Crippen LogP contribution in [0.2, 0.25) is 0 Å². The first-order chi connectivity index (χ1) is 7.82. The summed E-state index contributed by atoms with van der Waals surface area (Å²) in [6.07, 6.45) is 3.77. The van der Waals surface area contributed by atoms with Crippen LogP contribution in [0.3, 0.4) is 0 Å². The molecule has 0 spiro atoms. The van der Waals surface area contributed by atoms with Crippen molar-refractivity contribution in [1.82, 2.24) is 10.2 Å². The molecule has 0 radical (unpaired) electrons. The highest BCUT2D eigenvalue weighted by Crippen LogP contribution is 2.11. The molecule has 0 aromatic carbocycles. The lowest BCUT2D eigenvalue weighted by atomic mass is 9.99. The highest BCUT2D eigenvalue weighted by Gasteiger charge is 2.11. The van der Waals surface area contributed by atoms with E-state index in [2.05, 4.69) is 58.5 Å². The van der Waals surface area contributed by atoms with E-state index < -0.39 is 0 Å². The molecule has 0 aliphatic heterocycles. The average Bonchev–Trinajstić information content (AvgIpc) is 2.14. The number of allylic oxidation sites excluding steroid dienone is 1. The molecule has 0 fully saturated rings. The molecule has 102 valence electrons. The molecular formula is C15H32N2. The number of rotatable bonds is 9. The fraction of sp³-hybridized carbons (Fsp3) is 0.867. The van der Waals surface area contributed by atoms with Crippen molar-refractivity contribution in [2.45, 2.75) is 66.0 Å². The molecule has 2 heteroatoms. The van der Waals surface area contributed by atoms with Crippen LogP contribution < -0.4 is 5.32 Å². The second-order valence-electron chi connectivity index (χ2n) is 5.95. The molecule has 0 amide bonds. The van der Waals surface area contributed by atoms with Gasteiger partial charge < -0.3 is 10.2 Å². The minimum atomic E-state index is 0.581. The maximum absolute atomic E-state index is 3.96. The Morgan fingerprint density at radius 3 is 2.24 bits per heavy atom. The molecule has 0 aliphatic carbocycles. The first kappa shape index (κ1) is 16.5. The molecule has 0 saturated carbocycles. The van der Waals surface area contributed by atoms with Gasteiger partial charge >= 0.3 is 0 Å². The zero-order valence-corrected chi connectivity index (χ0v) is 12.7. The third-order valence-corrected chi connectivity index (χ3v) is 3.02. The number of hydrogen-bond acceptors (Lipinski definition) is 2. The van der Waals surface area contributed by atoms with Gasteiger partial charge in [0.25, 0.3) is 0 Å². The Kier molecular flexibility index (Phi) is 8.32. The van der Waals surface area contributed by atoms with Gasteiger partial charge in [-0.3, -0.25) is 0 Å². The molecule has 0 unspecified atom stereocenters. The van der Waals surface area contributed by atoms with Crippen molar-refractivity contribution in [2.24, 2.45) is 5.92 Å². The van der Waals surface area contributed by atoms with Crippen molar-refractivity contribution in [2.75, 3.05) is 13.6 Å². The van der Waals surface area contributed by atoms with Gasteiger partial charge in [-0.2, -0.15) is 0 Å². The molecule has 0 aliphatic rings. The van der Waals surface area contributed by atoms with Crippen LogP contribution in [0.5, 0.6) is 0 Å². The van der Waals surface area contributed by atoms with Crippen LogP contribution in [0.4, 0.5) is 0 Å². The molecule has 0 aromatic rings. The van der Waals surface area contributed by atoms with Gasteiger partial charge in [-0.25, -0.2) is 0 Å². The standard InChI is InChI=1S/C15H32N2/c1-12(2)11-15(16-13(3)4)9-8-10-17(7)14(5)6/h12-13,15-16H,5,8-11H2,1-4,6-7H3/t15-/m0/s1. The van der Waals surface area contributed by atoms with Gasteiger partial charge in [0.05, 0.1) is 0 Å². The van der Waals surface area contributed by atoms with E-state index in [1.807, 2.05) is 0 Å². The molecule has 0 saturated heterocycles. The Morgan fingerprint density at radius 2 is 1.82 bits per heavy atom. The Hall–Kier alpha value is -0.500. The Balaban J connectivity index is 3.94. The van der Waals surface area contributed by atoms with E-state index in [1.54, 1.807) is 0 Å². The SMILES string of the molecule is C=C(C)N(C)CCC[C@@H](CC(C)C)NC(C)C. The van der Waals surface area contributed by atoms with Crippen molar-refractivity contribution in [3.8, 4) is 0 Å². The van der Waals surface area contributed by atoms with Crippen molar-refractivity contribution < 1.29 is 0 Å². The minimum absolute atomic E-state index is 0.581. The maximum atomic E-state index is 3.96. The third kappa shape index (κ3) is 9.22. The molecule has 1 N–H and O–H groups in total. The molecule has 17 heavy (non-hydrogen) atoms. The van der Waals surface area contributed by atoms with Crippen LogP contribution in [0, 0.1) is 5.92 Å². The summed E-state index contributed by atoms with van der Waals surface area (Å²) in [5.41, 5.74) is 1.15. The zero-order chi connectivity index (χ0) is 13.4. The van der Waals surface area contributed by atoms with E-state index in [1.165, 1.54) is 19.3 Å². The summed E-state index contributed by atoms with van der Waals surface area (Å²) in [7, 11) is 2.12. The van der Waals surface area contributed by atoms with Crippen LogP contribution in [-0.2, 0) is 0 Å². The Bertz CT molecular complexity index is 199. The van der Waals surface area contributed by atoms with Gasteiger partial charge in [-0.1, -0.05) is 34.3 Å². The van der Waals surface area contributed by atoms with Crippen LogP contribution in [0.1, 0.15) is 53.9 Å². The molecule has 0 rings (SSSR count). The second kappa shape index (κ2) is 8.57. The minimum Gasteiger partial charge on any atom is -0.379 e. The predicted octanol–water partition coefficient (Wildman–Crippen LogP) is 3.64. The van der Waals surface area contributed by atoms with Gasteiger partial charge in [0, 0.05) is 31.4 Å². The van der Waals surface area contributed by atoms with E-state index in [9.17, 15) is 0 Å². The van der Waals surface area contributed by atoms with E-state index in [0.29, 0.717) is 12.1 Å². The van der Waals surface area contributed by atoms with Crippen molar-refractivity contribution >= 4 is 0 Å². The molecule has 2 nitrogen and oxygen atoms in total. The molecule has 0 heterocycles. The topological polar surface area (TPSA) is 15.3 Å². The number of hydrogen-bond donors (Lipinski definition) is 1. The van der Waals surface area contributed by atoms with Crippen LogP contribution in [0.15, 0.2) is 12.3 Å². The molecular weight excluding hydrogens is 208 g/mol. The molecule has 0 bridgehead atoms. The van der Waals surface area contributed by atoms with Crippen LogP contribution in [0.25, 0.3) is 0 Å². The smallest absolute Gasteiger partial charge is 0.0172 e. The fourth-order valence-corrected chi connectivity index (χ4v) is 2.08. The summed E-state index contributed by atoms with van der Waals surface area (Å²) < 4.78 is 0. The molecule has 0 aromatic heterocycles. The zero-order valence-electron chi connectivity index (χ0n) is 12.7. The Morgan fingerprint density at radius 1 is 1.24 bits per heavy atom. The summed E-state index contributed by atoms with van der Waals surface area (Å²) in [6.45, 7) is 16.2. The summed E-state index contributed by atoms with van der Waals surface area (Å²) in [6, 6.07) is 1.24. The van der Waals surface area contributed by atoms with E-state index in [-0.39, 0.29) is 0 Å². The van der Waals surface area contributed by atoms with Crippen molar-refractivity contribution in [1.29, 1.82) is 0 Å². The second-order valence-corrected chi connectivity index (χ2v) is 5.95. The lowest BCUT2D eigenvalue weighted by Gasteiger charge is -2.25. The van der Waals surface area contributed by atoms with Crippen molar-refractivity contribution in [3.63, 3.8) is 0 Å². The first-order valence-corrected chi connectivity index (χ1v) is 6.95. The summed E-state index contributed by atoms with van der Waals surface area (Å²) >= 11 is 0. The summed E-state index contributed by atoms with van der Waals surface area (Å²) in [4.78, 5) is 2.24. The number of nitrogens with zero attached hydrogens (tertiary/aromatic N) is 1. The van der Waals surface area contributed by atoms with Gasteiger partial charge in [0.15, 0.2) is 0 Å². The van der Waals surface area contributed by atoms with E-state index in [0.717, 1.165) is 18.2 Å². The number of nitrogens with one attached hydrogen (secondary N) is 1. The normalized spacial score (nSPS) is 13.2. The van der Waals surface area contributed by atoms with Gasteiger partial charge in [0.1, 0.15) is 0 Å². The van der Waals surface area contributed by atoms with Gasteiger partial charge in [0.2, 0.25) is 0 Å². The summed E-state index contributed by atoms with van der Waals surface area (Å²) in [5, 5.41) is 3.67. The summed E-state index contributed by atoms with van der Waals surface area (Å²) in [5.74, 6) is 0.769. The van der Waals surface area contributed by atoms with Crippen LogP contribution >= 0.6 is 0 Å². The largest absolute Gasteiger partial charge is 0.379 e. The van der Waals surface area contributed by atoms with Crippen LogP contribution in [-0.4, -0.2) is 30.6 Å². The lowest BCUT2D eigenvalue weighted by molar-refractivity contribution is 0.337. The quantitative estimate of drug-likeness (QED) is 0.662. The fourth-order valence-electron chi connectivity index (χ4n) is 2.08. The van der Waals surface area contributed by atoms with Gasteiger partial charge in [-0.05, 0) is 32.1 Å². The monoisotopic (exact) mass is 240 g/mol. The molecule has 1 atom stereocenters. The van der Waals surface area contributed by atoms with Crippen molar-refractivity contribution in [3.05, 3.63) is 12.3 Å². The van der Waals surface area contributed by atoms with Gasteiger partial charge in [-0.15, -0.1) is 0 Å². The highest BCUT2D eigenvalue weighted by molar-refractivity contribution is 4.86. The Labute approximate surface area is 108 Å². The first-order valence-electron chi connectivity index (χ1n) is 6.95. The predicted molar refractivity (Wildman–Crippen MR) is 78.2 cm³/mol. The average molecular weight is 240 g/mol. The highest BCUT2D eigenvalue weighted by atomic mass is 15.1. The third-order valence-electron chi connectivity index (χ3n) is 3.02. The van der Waals surface area contributed by atoms with E-state index >= 15 is 0 Å². The van der Waals surface area contributed by atoms with E-state index in [4.69, 9.17) is 0 Å².